The van der Waals surface area contributed by atoms with Gasteiger partial charge in [-0.1, -0.05) is 6.08 Å². The van der Waals surface area contributed by atoms with Crippen LogP contribution < -0.4 is 10.7 Å². The molecule has 58 valence electrons. The molecule has 0 amide bonds. The third kappa shape index (κ3) is 0.701. The molecule has 0 saturated carbocycles. The van der Waals surface area contributed by atoms with E-state index < -0.39 is 0 Å². The number of aromatic nitrogens is 1. The van der Waals surface area contributed by atoms with Gasteiger partial charge in [0.1, 0.15) is 0 Å². The predicted octanol–water partition coefficient (Wildman–Crippen LogP) is -0.0651. The van der Waals surface area contributed by atoms with Crippen LogP contribution in [0.4, 0.5) is 0 Å². The number of hydrogen-bond acceptors (Lipinski definition) is 4. The number of nitrogens with zero attached hydrogens (tertiary/aromatic N) is 3. The van der Waals surface area contributed by atoms with Crippen molar-refractivity contribution < 1.29 is 0 Å². The van der Waals surface area contributed by atoms with Crippen LogP contribution in [0.25, 0.3) is 6.08 Å². The van der Waals surface area contributed by atoms with Crippen LogP contribution in [0.5, 0.6) is 0 Å². The van der Waals surface area contributed by atoms with E-state index in [1.165, 1.54) is 10.1 Å². The standard InChI is InChI=1S/C8H5N3S/c1-2-12-7-5(1)3-9-8-6(7)4-10-11-8/h1,3-4H,2H2. The molecule has 1 aromatic rings. The molecule has 0 spiro atoms. The van der Waals surface area contributed by atoms with E-state index in [-0.39, 0.29) is 0 Å². The van der Waals surface area contributed by atoms with Gasteiger partial charge in [-0.25, -0.2) is 4.98 Å². The van der Waals surface area contributed by atoms with E-state index in [9.17, 15) is 0 Å². The third-order valence-corrected chi connectivity index (χ3v) is 3.02. The highest BCUT2D eigenvalue weighted by molar-refractivity contribution is 8.00. The van der Waals surface area contributed by atoms with Crippen LogP contribution in [0.15, 0.2) is 21.3 Å². The van der Waals surface area contributed by atoms with E-state index in [1.807, 2.05) is 18.0 Å². The zero-order valence-electron chi connectivity index (χ0n) is 6.19. The second-order valence-electron chi connectivity index (χ2n) is 2.64. The van der Waals surface area contributed by atoms with Gasteiger partial charge in [0.25, 0.3) is 0 Å². The molecule has 1 aromatic heterocycles. The lowest BCUT2D eigenvalue weighted by Gasteiger charge is -1.95. The molecule has 0 bridgehead atoms. The van der Waals surface area contributed by atoms with Crippen LogP contribution in [0, 0.1) is 0 Å². The highest BCUT2D eigenvalue weighted by Crippen LogP contribution is 2.20. The van der Waals surface area contributed by atoms with E-state index >= 15 is 0 Å². The SMILES string of the molecule is C1=NN=c2ncc3c(c21)SCC=3. The van der Waals surface area contributed by atoms with Crippen molar-refractivity contribution in [3.8, 4) is 0 Å². The molecule has 3 rings (SSSR count). The average molecular weight is 175 g/mol. The quantitative estimate of drug-likeness (QED) is 0.553. The fraction of sp³-hybridized carbons (Fsp3) is 0.125. The minimum Gasteiger partial charge on any atom is -0.234 e. The van der Waals surface area contributed by atoms with Crippen LogP contribution in [-0.4, -0.2) is 17.0 Å². The van der Waals surface area contributed by atoms with Crippen molar-refractivity contribution in [2.75, 3.05) is 5.75 Å². The van der Waals surface area contributed by atoms with Crippen molar-refractivity contribution in [3.63, 3.8) is 0 Å². The van der Waals surface area contributed by atoms with Gasteiger partial charge in [0.05, 0.1) is 11.8 Å². The van der Waals surface area contributed by atoms with E-state index in [0.29, 0.717) is 0 Å². The van der Waals surface area contributed by atoms with Crippen molar-refractivity contribution in [2.45, 2.75) is 4.90 Å². The van der Waals surface area contributed by atoms with Crippen molar-refractivity contribution in [1.82, 2.24) is 4.98 Å². The first kappa shape index (κ1) is 6.37. The minimum atomic E-state index is 0.761. The van der Waals surface area contributed by atoms with E-state index in [2.05, 4.69) is 21.3 Å². The minimum absolute atomic E-state index is 0.761. The summed E-state index contributed by atoms with van der Waals surface area (Å²) in [5, 5.41) is 8.97. The van der Waals surface area contributed by atoms with Gasteiger partial charge in [-0.15, -0.1) is 16.9 Å². The number of fused-ring (bicyclic) bond motifs is 3. The summed E-state index contributed by atoms with van der Waals surface area (Å²) in [5.74, 6) is 1.04. The lowest BCUT2D eigenvalue weighted by molar-refractivity contribution is 1.05. The third-order valence-electron chi connectivity index (χ3n) is 1.94. The Morgan fingerprint density at radius 1 is 1.42 bits per heavy atom. The van der Waals surface area contributed by atoms with Gasteiger partial charge in [-0.05, 0) is 0 Å². The molecule has 0 radical (unpaired) electrons. The van der Waals surface area contributed by atoms with Gasteiger partial charge in [0.2, 0.25) is 0 Å². The molecule has 4 heteroatoms. The van der Waals surface area contributed by atoms with E-state index in [4.69, 9.17) is 0 Å². The van der Waals surface area contributed by atoms with Crippen LogP contribution in [-0.2, 0) is 0 Å². The second kappa shape index (κ2) is 2.17. The summed E-state index contributed by atoms with van der Waals surface area (Å²) in [4.78, 5) is 5.48. The Hall–Kier alpha value is -1.16. The van der Waals surface area contributed by atoms with Crippen molar-refractivity contribution in [2.24, 2.45) is 10.2 Å². The van der Waals surface area contributed by atoms with Gasteiger partial charge in [-0.2, -0.15) is 5.10 Å². The molecule has 0 unspecified atom stereocenters. The number of rotatable bonds is 0. The molecule has 3 heterocycles. The highest BCUT2D eigenvalue weighted by atomic mass is 32.2. The van der Waals surface area contributed by atoms with E-state index in [0.717, 1.165) is 16.8 Å². The maximum Gasteiger partial charge on any atom is 0.184 e. The molecule has 0 saturated heterocycles. The Balaban J connectivity index is 2.50. The summed E-state index contributed by atoms with van der Waals surface area (Å²) in [7, 11) is 0. The first-order valence-corrected chi connectivity index (χ1v) is 4.67. The molecule has 0 fully saturated rings. The molecule has 2 aliphatic heterocycles. The summed E-state index contributed by atoms with van der Waals surface area (Å²) >= 11 is 1.83. The van der Waals surface area contributed by atoms with Gasteiger partial charge in [-0.3, -0.25) is 0 Å². The summed E-state index contributed by atoms with van der Waals surface area (Å²) < 4.78 is 0. The van der Waals surface area contributed by atoms with Crippen LogP contribution in [0.3, 0.4) is 0 Å². The molecule has 12 heavy (non-hydrogen) atoms. The van der Waals surface area contributed by atoms with Crippen molar-refractivity contribution >= 4 is 24.1 Å². The number of thioether (sulfide) groups is 1. The Kier molecular flexibility index (Phi) is 1.15. The highest BCUT2D eigenvalue weighted by Gasteiger charge is 2.12. The zero-order chi connectivity index (χ0) is 7.97. The van der Waals surface area contributed by atoms with Gasteiger partial charge >= 0.3 is 0 Å². The first-order chi connectivity index (χ1) is 5.95. The normalized spacial score (nSPS) is 16.7. The maximum absolute atomic E-state index is 4.19. The Labute approximate surface area is 72.9 Å². The molecule has 0 aliphatic carbocycles. The van der Waals surface area contributed by atoms with Crippen molar-refractivity contribution in [3.05, 3.63) is 22.5 Å². The average Bonchev–Trinajstić information content (AvgIpc) is 2.71. The Morgan fingerprint density at radius 3 is 3.42 bits per heavy atom. The number of pyridine rings is 1. The molecule has 2 aliphatic rings. The summed E-state index contributed by atoms with van der Waals surface area (Å²) in [5.41, 5.74) is 1.85. The molecule has 0 N–H and O–H groups in total. The second-order valence-corrected chi connectivity index (χ2v) is 3.67. The fourth-order valence-corrected chi connectivity index (χ4v) is 2.41. The van der Waals surface area contributed by atoms with Gasteiger partial charge < -0.3 is 0 Å². The summed E-state index contributed by atoms with van der Waals surface area (Å²) in [6.45, 7) is 0. The Morgan fingerprint density at radius 2 is 2.42 bits per heavy atom. The van der Waals surface area contributed by atoms with Crippen LogP contribution in [0.1, 0.15) is 5.56 Å². The van der Waals surface area contributed by atoms with E-state index in [1.54, 1.807) is 6.21 Å². The Bertz CT molecular complexity index is 490. The molecule has 3 nitrogen and oxygen atoms in total. The summed E-state index contributed by atoms with van der Waals surface area (Å²) in [6, 6.07) is 0. The first-order valence-electron chi connectivity index (χ1n) is 3.68. The monoisotopic (exact) mass is 175 g/mol. The fourth-order valence-electron chi connectivity index (χ4n) is 1.37. The number of hydrogen-bond donors (Lipinski definition) is 0. The predicted molar refractivity (Wildman–Crippen MR) is 47.8 cm³/mol. The van der Waals surface area contributed by atoms with Crippen LogP contribution >= 0.6 is 11.8 Å². The van der Waals surface area contributed by atoms with Crippen molar-refractivity contribution in [1.29, 1.82) is 0 Å². The molecular formula is C8H5N3S. The maximum atomic E-state index is 4.19. The largest absolute Gasteiger partial charge is 0.234 e. The smallest absolute Gasteiger partial charge is 0.184 e. The van der Waals surface area contributed by atoms with Crippen LogP contribution in [0.2, 0.25) is 0 Å². The van der Waals surface area contributed by atoms with Gasteiger partial charge in [0.15, 0.2) is 5.49 Å². The topological polar surface area (TPSA) is 37.6 Å². The molecule has 0 aromatic carbocycles. The molecular weight excluding hydrogens is 170 g/mol. The summed E-state index contributed by atoms with van der Waals surface area (Å²) in [6.07, 6.45) is 5.83. The molecule has 0 atom stereocenters. The lowest BCUT2D eigenvalue weighted by Crippen LogP contribution is -2.18. The van der Waals surface area contributed by atoms with Gasteiger partial charge in [0, 0.05) is 22.1 Å². The zero-order valence-corrected chi connectivity index (χ0v) is 7.01. The lowest BCUT2D eigenvalue weighted by atomic mass is 10.2.